The van der Waals surface area contributed by atoms with Crippen LogP contribution < -0.4 is 0 Å². The molecule has 0 radical (unpaired) electrons. The Morgan fingerprint density at radius 2 is 2.55 bits per heavy atom. The number of ketones is 1. The van der Waals surface area contributed by atoms with Crippen LogP contribution in [-0.4, -0.2) is 10.2 Å². The van der Waals surface area contributed by atoms with E-state index in [-0.39, 0.29) is 5.78 Å². The highest BCUT2D eigenvalue weighted by molar-refractivity contribution is 7.03. The van der Waals surface area contributed by atoms with Gasteiger partial charge in [0.15, 0.2) is 5.78 Å². The van der Waals surface area contributed by atoms with Crippen LogP contribution in [0.4, 0.5) is 0 Å². The first-order valence-electron chi connectivity index (χ1n) is 3.78. The van der Waals surface area contributed by atoms with Gasteiger partial charge >= 0.3 is 0 Å². The molecule has 11 heavy (non-hydrogen) atoms. The van der Waals surface area contributed by atoms with Crippen LogP contribution in [0, 0.1) is 0 Å². The number of hydrogen-bond donors (Lipinski definition) is 0. The molecule has 1 heterocycles. The second-order valence-corrected chi connectivity index (χ2v) is 3.08. The minimum Gasteiger partial charge on any atom is -0.292 e. The number of aromatic nitrogens is 1. The van der Waals surface area contributed by atoms with E-state index in [1.165, 1.54) is 11.5 Å². The fourth-order valence-corrected chi connectivity index (χ4v) is 1.35. The highest BCUT2D eigenvalue weighted by Gasteiger charge is 2.05. The third kappa shape index (κ3) is 2.42. The highest BCUT2D eigenvalue weighted by atomic mass is 32.1. The fraction of sp³-hybridized carbons (Fsp3) is 0.500. The summed E-state index contributed by atoms with van der Waals surface area (Å²) >= 11 is 1.33. The fourth-order valence-electron chi connectivity index (χ4n) is 0.822. The molecule has 0 saturated heterocycles. The molecule has 1 rings (SSSR count). The predicted octanol–water partition coefficient (Wildman–Crippen LogP) is 2.52. The largest absolute Gasteiger partial charge is 0.292 e. The summed E-state index contributed by atoms with van der Waals surface area (Å²) in [6, 6.07) is 1.78. The van der Waals surface area contributed by atoms with Crippen molar-refractivity contribution < 1.29 is 4.79 Å². The minimum atomic E-state index is 0.174. The summed E-state index contributed by atoms with van der Waals surface area (Å²) in [5, 5.41) is 1.83. The number of carbonyl (C=O) groups is 1. The average molecular weight is 169 g/mol. The first-order chi connectivity index (χ1) is 5.34. The van der Waals surface area contributed by atoms with Crippen LogP contribution in [0.15, 0.2) is 11.4 Å². The Bertz CT molecular complexity index is 218. The van der Waals surface area contributed by atoms with Crippen molar-refractivity contribution in [2.24, 2.45) is 0 Å². The molecule has 0 unspecified atom stereocenters. The van der Waals surface area contributed by atoms with Gasteiger partial charge in [0.25, 0.3) is 0 Å². The summed E-state index contributed by atoms with van der Waals surface area (Å²) < 4.78 is 3.96. The summed E-state index contributed by atoms with van der Waals surface area (Å²) in [6.45, 7) is 2.08. The van der Waals surface area contributed by atoms with Crippen LogP contribution in [-0.2, 0) is 0 Å². The van der Waals surface area contributed by atoms with Gasteiger partial charge in [-0.2, -0.15) is 4.37 Å². The van der Waals surface area contributed by atoms with Crippen LogP contribution >= 0.6 is 11.5 Å². The lowest BCUT2D eigenvalue weighted by atomic mass is 10.1. The molecule has 3 heteroatoms. The van der Waals surface area contributed by atoms with Gasteiger partial charge in [-0.1, -0.05) is 13.3 Å². The van der Waals surface area contributed by atoms with Crippen LogP contribution in [0.2, 0.25) is 0 Å². The standard InChI is InChI=1S/C8H11NOS/c1-2-3-4-8(10)7-5-6-11-9-7/h5-6H,2-4H2,1H3. The lowest BCUT2D eigenvalue weighted by Gasteiger charge is -1.92. The molecule has 0 N–H and O–H groups in total. The molecule has 0 aromatic carbocycles. The van der Waals surface area contributed by atoms with E-state index in [2.05, 4.69) is 11.3 Å². The van der Waals surface area contributed by atoms with Gasteiger partial charge in [-0.25, -0.2) is 0 Å². The summed E-state index contributed by atoms with van der Waals surface area (Å²) in [5.41, 5.74) is 0.628. The zero-order valence-electron chi connectivity index (χ0n) is 6.54. The van der Waals surface area contributed by atoms with Crippen LogP contribution in [0.1, 0.15) is 36.7 Å². The van der Waals surface area contributed by atoms with E-state index in [4.69, 9.17) is 0 Å². The molecule has 60 valence electrons. The topological polar surface area (TPSA) is 30.0 Å². The Balaban J connectivity index is 2.43. The molecule has 0 amide bonds. The van der Waals surface area contributed by atoms with Gasteiger partial charge in [-0.05, 0) is 24.0 Å². The molecule has 1 aromatic rings. The molecule has 0 spiro atoms. The van der Waals surface area contributed by atoms with Gasteiger partial charge in [-0.3, -0.25) is 4.79 Å². The number of nitrogens with zero attached hydrogens (tertiary/aromatic N) is 1. The van der Waals surface area contributed by atoms with E-state index in [0.29, 0.717) is 12.1 Å². The first kappa shape index (κ1) is 8.40. The highest BCUT2D eigenvalue weighted by Crippen LogP contribution is 2.06. The van der Waals surface area contributed by atoms with Gasteiger partial charge in [0.2, 0.25) is 0 Å². The Morgan fingerprint density at radius 3 is 3.09 bits per heavy atom. The Kier molecular flexibility index (Phi) is 3.23. The maximum absolute atomic E-state index is 11.2. The predicted molar refractivity (Wildman–Crippen MR) is 46.0 cm³/mol. The molecule has 0 saturated carbocycles. The number of carbonyl (C=O) groups excluding carboxylic acids is 1. The Labute approximate surface area is 70.4 Å². The number of Topliss-reactive ketones (excluding diaryl/α,β-unsaturated/α-hetero) is 1. The molecule has 0 aliphatic rings. The molecule has 0 aliphatic carbocycles. The van der Waals surface area contributed by atoms with E-state index in [1.54, 1.807) is 6.07 Å². The van der Waals surface area contributed by atoms with E-state index >= 15 is 0 Å². The monoisotopic (exact) mass is 169 g/mol. The number of hydrogen-bond acceptors (Lipinski definition) is 3. The number of rotatable bonds is 4. The van der Waals surface area contributed by atoms with Crippen molar-refractivity contribution in [3.8, 4) is 0 Å². The SMILES string of the molecule is CCCCC(=O)c1ccsn1. The van der Waals surface area contributed by atoms with Gasteiger partial charge < -0.3 is 0 Å². The van der Waals surface area contributed by atoms with Crippen molar-refractivity contribution in [3.63, 3.8) is 0 Å². The lowest BCUT2D eigenvalue weighted by molar-refractivity contribution is 0.0976. The summed E-state index contributed by atoms with van der Waals surface area (Å²) in [7, 11) is 0. The van der Waals surface area contributed by atoms with Crippen molar-refractivity contribution in [2.45, 2.75) is 26.2 Å². The van der Waals surface area contributed by atoms with E-state index in [9.17, 15) is 4.79 Å². The van der Waals surface area contributed by atoms with Crippen molar-refractivity contribution in [1.29, 1.82) is 0 Å². The summed E-state index contributed by atoms with van der Waals surface area (Å²) in [6.07, 6.45) is 2.67. The Hall–Kier alpha value is -0.700. The zero-order chi connectivity index (χ0) is 8.10. The minimum absolute atomic E-state index is 0.174. The van der Waals surface area contributed by atoms with Gasteiger partial charge in [0.05, 0.1) is 0 Å². The molecular weight excluding hydrogens is 158 g/mol. The molecule has 0 aliphatic heterocycles. The van der Waals surface area contributed by atoms with Crippen molar-refractivity contribution in [1.82, 2.24) is 4.37 Å². The molecule has 1 aromatic heterocycles. The van der Waals surface area contributed by atoms with Crippen LogP contribution in [0.25, 0.3) is 0 Å². The molecule has 0 bridgehead atoms. The maximum Gasteiger partial charge on any atom is 0.182 e. The van der Waals surface area contributed by atoms with Crippen LogP contribution in [0.3, 0.4) is 0 Å². The molecule has 2 nitrogen and oxygen atoms in total. The van der Waals surface area contributed by atoms with Gasteiger partial charge in [0, 0.05) is 11.8 Å². The van der Waals surface area contributed by atoms with Crippen molar-refractivity contribution in [3.05, 3.63) is 17.1 Å². The van der Waals surface area contributed by atoms with E-state index < -0.39 is 0 Å². The van der Waals surface area contributed by atoms with Crippen molar-refractivity contribution in [2.75, 3.05) is 0 Å². The van der Waals surface area contributed by atoms with Gasteiger partial charge in [-0.15, -0.1) is 0 Å². The summed E-state index contributed by atoms with van der Waals surface area (Å²) in [4.78, 5) is 11.2. The maximum atomic E-state index is 11.2. The first-order valence-corrected chi connectivity index (χ1v) is 4.62. The molecule has 0 atom stereocenters. The molecular formula is C8H11NOS. The summed E-state index contributed by atoms with van der Waals surface area (Å²) in [5.74, 6) is 0.174. The average Bonchev–Trinajstić information content (AvgIpc) is 2.52. The third-order valence-corrected chi connectivity index (χ3v) is 2.04. The smallest absolute Gasteiger partial charge is 0.182 e. The van der Waals surface area contributed by atoms with Gasteiger partial charge in [0.1, 0.15) is 5.69 Å². The Morgan fingerprint density at radius 1 is 1.73 bits per heavy atom. The molecule has 0 fully saturated rings. The normalized spacial score (nSPS) is 9.91. The second-order valence-electron chi connectivity index (χ2n) is 2.41. The third-order valence-electron chi connectivity index (χ3n) is 1.48. The van der Waals surface area contributed by atoms with Crippen LogP contribution in [0.5, 0.6) is 0 Å². The van der Waals surface area contributed by atoms with E-state index in [1.807, 2.05) is 5.38 Å². The lowest BCUT2D eigenvalue weighted by Crippen LogP contribution is -1.97. The zero-order valence-corrected chi connectivity index (χ0v) is 7.36. The quantitative estimate of drug-likeness (QED) is 0.648. The van der Waals surface area contributed by atoms with Crippen molar-refractivity contribution >= 4 is 17.3 Å². The number of unbranched alkanes of at least 4 members (excludes halogenated alkanes) is 1. The van der Waals surface area contributed by atoms with E-state index in [0.717, 1.165) is 12.8 Å². The second kappa shape index (κ2) is 4.23.